The van der Waals surface area contributed by atoms with Crippen molar-refractivity contribution in [1.29, 1.82) is 0 Å². The van der Waals surface area contributed by atoms with E-state index in [-0.39, 0.29) is 11.7 Å². The van der Waals surface area contributed by atoms with E-state index >= 15 is 0 Å². The Hall–Kier alpha value is -3.38. The second-order valence-corrected chi connectivity index (χ2v) is 7.67. The van der Waals surface area contributed by atoms with Gasteiger partial charge in [-0.2, -0.15) is 0 Å². The van der Waals surface area contributed by atoms with E-state index in [1.807, 2.05) is 0 Å². The fraction of sp³-hybridized carbons (Fsp3) is 0.130. The standard InChI is InChI=1S/C23H18ClFN2O3/c1-23(2,30-18-9-6-15(24)7-10-18)22(28)26-17-8-11-20-19(13-17)27-21(29-20)14-4-3-5-16(25)12-14/h3-13H,1-2H3,(H,26,28). The lowest BCUT2D eigenvalue weighted by atomic mass is 10.1. The van der Waals surface area contributed by atoms with Crippen LogP contribution >= 0.6 is 11.6 Å². The Bertz CT molecular complexity index is 1220. The van der Waals surface area contributed by atoms with E-state index in [9.17, 15) is 9.18 Å². The summed E-state index contributed by atoms with van der Waals surface area (Å²) in [5, 5.41) is 3.42. The van der Waals surface area contributed by atoms with Crippen molar-refractivity contribution in [1.82, 2.24) is 4.98 Å². The van der Waals surface area contributed by atoms with Crippen LogP contribution in [0.2, 0.25) is 5.02 Å². The minimum Gasteiger partial charge on any atom is -0.478 e. The molecule has 0 fully saturated rings. The molecule has 30 heavy (non-hydrogen) atoms. The van der Waals surface area contributed by atoms with Gasteiger partial charge in [0.15, 0.2) is 11.2 Å². The number of carbonyl (C=O) groups is 1. The van der Waals surface area contributed by atoms with Gasteiger partial charge >= 0.3 is 0 Å². The summed E-state index contributed by atoms with van der Waals surface area (Å²) in [6.07, 6.45) is 0. The van der Waals surface area contributed by atoms with Crippen LogP contribution in [0.5, 0.6) is 5.75 Å². The molecule has 0 aliphatic rings. The van der Waals surface area contributed by atoms with Gasteiger partial charge in [0.1, 0.15) is 17.1 Å². The number of rotatable bonds is 5. The molecule has 4 rings (SSSR count). The van der Waals surface area contributed by atoms with Crippen molar-refractivity contribution >= 4 is 34.3 Å². The molecule has 0 spiro atoms. The summed E-state index contributed by atoms with van der Waals surface area (Å²) in [6.45, 7) is 3.35. The Kier molecular flexibility index (Phi) is 5.18. The quantitative estimate of drug-likeness (QED) is 0.421. The van der Waals surface area contributed by atoms with Crippen molar-refractivity contribution in [3.8, 4) is 17.2 Å². The number of anilines is 1. The van der Waals surface area contributed by atoms with Gasteiger partial charge in [-0.05, 0) is 74.5 Å². The summed E-state index contributed by atoms with van der Waals surface area (Å²) in [5.41, 5.74) is 1.03. The molecule has 0 bridgehead atoms. The van der Waals surface area contributed by atoms with E-state index in [0.29, 0.717) is 39.0 Å². The molecule has 0 unspecified atom stereocenters. The average molecular weight is 425 g/mol. The molecule has 1 amide bonds. The zero-order chi connectivity index (χ0) is 21.3. The van der Waals surface area contributed by atoms with Crippen molar-refractivity contribution in [2.45, 2.75) is 19.4 Å². The van der Waals surface area contributed by atoms with Crippen LogP contribution in [0.4, 0.5) is 10.1 Å². The fourth-order valence-electron chi connectivity index (χ4n) is 2.88. The highest BCUT2D eigenvalue weighted by Crippen LogP contribution is 2.27. The van der Waals surface area contributed by atoms with Gasteiger partial charge in [0.05, 0.1) is 0 Å². The highest BCUT2D eigenvalue weighted by Gasteiger charge is 2.30. The van der Waals surface area contributed by atoms with Crippen LogP contribution in [0.1, 0.15) is 13.8 Å². The molecule has 5 nitrogen and oxygen atoms in total. The zero-order valence-corrected chi connectivity index (χ0v) is 17.0. The first-order chi connectivity index (χ1) is 14.3. The van der Waals surface area contributed by atoms with Crippen molar-refractivity contribution in [3.05, 3.63) is 77.6 Å². The first-order valence-electron chi connectivity index (χ1n) is 9.23. The zero-order valence-electron chi connectivity index (χ0n) is 16.3. The summed E-state index contributed by atoms with van der Waals surface area (Å²) in [6, 6.07) is 17.9. The summed E-state index contributed by atoms with van der Waals surface area (Å²) in [4.78, 5) is 17.2. The number of carbonyl (C=O) groups excluding carboxylic acids is 1. The number of nitrogens with one attached hydrogen (secondary N) is 1. The van der Waals surface area contributed by atoms with Gasteiger partial charge in [0.2, 0.25) is 5.89 Å². The normalized spacial score (nSPS) is 11.5. The predicted octanol–water partition coefficient (Wildman–Crippen LogP) is 6.08. The highest BCUT2D eigenvalue weighted by atomic mass is 35.5. The van der Waals surface area contributed by atoms with Crippen molar-refractivity contribution in [2.75, 3.05) is 5.32 Å². The second-order valence-electron chi connectivity index (χ2n) is 7.23. The molecular formula is C23H18ClFN2O3. The van der Waals surface area contributed by atoms with Crippen LogP contribution in [-0.2, 0) is 4.79 Å². The van der Waals surface area contributed by atoms with Crippen LogP contribution in [0.3, 0.4) is 0 Å². The number of hydrogen-bond donors (Lipinski definition) is 1. The highest BCUT2D eigenvalue weighted by molar-refractivity contribution is 6.30. The number of halogens is 2. The monoisotopic (exact) mass is 424 g/mol. The first kappa shape index (κ1) is 19.9. The van der Waals surface area contributed by atoms with E-state index in [4.69, 9.17) is 20.8 Å². The Morgan fingerprint density at radius 3 is 2.60 bits per heavy atom. The lowest BCUT2D eigenvalue weighted by molar-refractivity contribution is -0.128. The van der Waals surface area contributed by atoms with E-state index in [0.717, 1.165) is 0 Å². The number of nitrogens with zero attached hydrogens (tertiary/aromatic N) is 1. The van der Waals surface area contributed by atoms with Crippen molar-refractivity contribution < 1.29 is 18.3 Å². The van der Waals surface area contributed by atoms with Gasteiger partial charge in [0.25, 0.3) is 5.91 Å². The summed E-state index contributed by atoms with van der Waals surface area (Å²) in [7, 11) is 0. The van der Waals surface area contributed by atoms with Gasteiger partial charge in [0, 0.05) is 16.3 Å². The minimum absolute atomic E-state index is 0.305. The third-order valence-corrected chi connectivity index (χ3v) is 4.70. The van der Waals surface area contributed by atoms with Crippen LogP contribution in [-0.4, -0.2) is 16.5 Å². The fourth-order valence-corrected chi connectivity index (χ4v) is 3.00. The molecule has 1 heterocycles. The average Bonchev–Trinajstić information content (AvgIpc) is 3.13. The Morgan fingerprint density at radius 2 is 1.87 bits per heavy atom. The Balaban J connectivity index is 1.52. The molecule has 0 radical (unpaired) electrons. The van der Waals surface area contributed by atoms with E-state index in [1.54, 1.807) is 68.4 Å². The topological polar surface area (TPSA) is 64.4 Å². The van der Waals surface area contributed by atoms with Gasteiger partial charge in [-0.3, -0.25) is 4.79 Å². The number of benzene rings is 3. The number of oxazole rings is 1. The van der Waals surface area contributed by atoms with Gasteiger partial charge < -0.3 is 14.5 Å². The first-order valence-corrected chi connectivity index (χ1v) is 9.60. The molecule has 0 aliphatic heterocycles. The predicted molar refractivity (Wildman–Crippen MR) is 114 cm³/mol. The number of ether oxygens (including phenoxy) is 1. The van der Waals surface area contributed by atoms with Crippen LogP contribution in [0, 0.1) is 5.82 Å². The maximum Gasteiger partial charge on any atom is 0.267 e. The number of fused-ring (bicyclic) bond motifs is 1. The summed E-state index contributed by atoms with van der Waals surface area (Å²) in [5.74, 6) is 0.141. The Labute approximate surface area is 177 Å². The third kappa shape index (κ3) is 4.28. The molecule has 0 atom stereocenters. The van der Waals surface area contributed by atoms with E-state index in [1.165, 1.54) is 12.1 Å². The molecule has 152 valence electrons. The lowest BCUT2D eigenvalue weighted by Gasteiger charge is -2.25. The lowest BCUT2D eigenvalue weighted by Crippen LogP contribution is -2.42. The molecule has 1 N–H and O–H groups in total. The van der Waals surface area contributed by atoms with Gasteiger partial charge in [-0.25, -0.2) is 9.37 Å². The SMILES string of the molecule is CC(C)(Oc1ccc(Cl)cc1)C(=O)Nc1ccc2oc(-c3cccc(F)c3)nc2c1. The molecule has 7 heteroatoms. The minimum atomic E-state index is -1.13. The maximum atomic E-state index is 13.5. The maximum absolute atomic E-state index is 13.5. The molecule has 0 saturated heterocycles. The number of aromatic nitrogens is 1. The van der Waals surface area contributed by atoms with Crippen LogP contribution < -0.4 is 10.1 Å². The molecule has 1 aromatic heterocycles. The van der Waals surface area contributed by atoms with Crippen LogP contribution in [0.15, 0.2) is 71.1 Å². The second kappa shape index (κ2) is 7.80. The third-order valence-electron chi connectivity index (χ3n) is 4.45. The molecule has 3 aromatic carbocycles. The molecule has 0 aliphatic carbocycles. The summed E-state index contributed by atoms with van der Waals surface area (Å²) >= 11 is 5.88. The molecular weight excluding hydrogens is 407 g/mol. The Morgan fingerprint density at radius 1 is 1.10 bits per heavy atom. The smallest absolute Gasteiger partial charge is 0.267 e. The molecule has 4 aromatic rings. The van der Waals surface area contributed by atoms with Crippen molar-refractivity contribution in [3.63, 3.8) is 0 Å². The van der Waals surface area contributed by atoms with Crippen LogP contribution in [0.25, 0.3) is 22.6 Å². The van der Waals surface area contributed by atoms with E-state index in [2.05, 4.69) is 10.3 Å². The van der Waals surface area contributed by atoms with Gasteiger partial charge in [-0.15, -0.1) is 0 Å². The number of hydrogen-bond acceptors (Lipinski definition) is 4. The van der Waals surface area contributed by atoms with Gasteiger partial charge in [-0.1, -0.05) is 17.7 Å². The largest absolute Gasteiger partial charge is 0.478 e. The molecule has 0 saturated carbocycles. The number of amides is 1. The van der Waals surface area contributed by atoms with E-state index < -0.39 is 5.60 Å². The van der Waals surface area contributed by atoms with Crippen molar-refractivity contribution in [2.24, 2.45) is 0 Å². The summed E-state index contributed by atoms with van der Waals surface area (Å²) < 4.78 is 25.0.